The van der Waals surface area contributed by atoms with Crippen LogP contribution in [0.4, 0.5) is 0 Å². The molecule has 100 valence electrons. The van der Waals surface area contributed by atoms with Gasteiger partial charge in [-0.2, -0.15) is 5.10 Å². The van der Waals surface area contributed by atoms with Gasteiger partial charge < -0.3 is 10.2 Å². The minimum absolute atomic E-state index is 0.165. The van der Waals surface area contributed by atoms with Crippen molar-refractivity contribution in [2.45, 2.75) is 38.3 Å². The first-order chi connectivity index (χ1) is 8.63. The molecule has 1 fully saturated rings. The molecule has 0 saturated carbocycles. The highest BCUT2D eigenvalue weighted by Gasteiger charge is 2.29. The highest BCUT2D eigenvalue weighted by atomic mass is 16.2. The summed E-state index contributed by atoms with van der Waals surface area (Å²) in [5.74, 6) is 0.165. The van der Waals surface area contributed by atoms with Gasteiger partial charge in [0.2, 0.25) is 5.91 Å². The predicted octanol–water partition coefficient (Wildman–Crippen LogP) is 1.08. The van der Waals surface area contributed by atoms with Gasteiger partial charge in [0.15, 0.2) is 0 Å². The molecule has 1 aromatic heterocycles. The Labute approximate surface area is 108 Å². The molecule has 0 aromatic carbocycles. The number of nitrogens with zero attached hydrogens (tertiary/aromatic N) is 3. The molecule has 18 heavy (non-hydrogen) atoms. The third-order valence-electron chi connectivity index (χ3n) is 3.68. The average Bonchev–Trinajstić information content (AvgIpc) is 2.77. The minimum Gasteiger partial charge on any atom is -0.338 e. The molecule has 0 radical (unpaired) electrons. The summed E-state index contributed by atoms with van der Waals surface area (Å²) >= 11 is 0. The third kappa shape index (κ3) is 2.56. The maximum atomic E-state index is 12.6. The van der Waals surface area contributed by atoms with E-state index in [9.17, 15) is 4.79 Å². The van der Waals surface area contributed by atoms with Gasteiger partial charge in [-0.1, -0.05) is 0 Å². The number of likely N-dealkylation sites (N-methyl/N-ethyl adjacent to an activating group) is 1. The van der Waals surface area contributed by atoms with Crippen LogP contribution < -0.4 is 5.32 Å². The first-order valence-corrected chi connectivity index (χ1v) is 6.59. The van der Waals surface area contributed by atoms with Gasteiger partial charge in [-0.25, -0.2) is 0 Å². The average molecular weight is 250 g/mol. The van der Waals surface area contributed by atoms with E-state index in [0.29, 0.717) is 6.04 Å². The van der Waals surface area contributed by atoms with Crippen LogP contribution in [0.2, 0.25) is 0 Å². The lowest BCUT2D eigenvalue weighted by atomic mass is 10.0. The van der Waals surface area contributed by atoms with Crippen LogP contribution in [0, 0.1) is 0 Å². The number of carbonyl (C=O) groups is 1. The van der Waals surface area contributed by atoms with E-state index in [1.807, 2.05) is 25.2 Å². The number of hydrogen-bond donors (Lipinski definition) is 1. The predicted molar refractivity (Wildman–Crippen MR) is 70.0 cm³/mol. The number of piperidine rings is 1. The van der Waals surface area contributed by atoms with E-state index in [2.05, 4.69) is 17.3 Å². The van der Waals surface area contributed by atoms with Gasteiger partial charge in [0.25, 0.3) is 0 Å². The molecule has 1 N–H and O–H groups in total. The van der Waals surface area contributed by atoms with E-state index in [-0.39, 0.29) is 11.9 Å². The summed E-state index contributed by atoms with van der Waals surface area (Å²) in [4.78, 5) is 14.6. The smallest absolute Gasteiger partial charge is 0.244 e. The molecule has 5 nitrogen and oxygen atoms in total. The Balaban J connectivity index is 2.14. The van der Waals surface area contributed by atoms with Crippen molar-refractivity contribution in [3.05, 3.63) is 18.0 Å². The van der Waals surface area contributed by atoms with Gasteiger partial charge in [-0.05, 0) is 33.2 Å². The Hall–Kier alpha value is -1.36. The zero-order valence-corrected chi connectivity index (χ0v) is 11.4. The molecule has 2 atom stereocenters. The fraction of sp³-hybridized carbons (Fsp3) is 0.692. The molecule has 1 aliphatic heterocycles. The molecule has 2 rings (SSSR count). The fourth-order valence-corrected chi connectivity index (χ4v) is 2.61. The summed E-state index contributed by atoms with van der Waals surface area (Å²) < 4.78 is 1.73. The quantitative estimate of drug-likeness (QED) is 0.873. The molecule has 2 heterocycles. The summed E-state index contributed by atoms with van der Waals surface area (Å²) in [5.41, 5.74) is 0.933. The molecular formula is C13H22N4O. The van der Waals surface area contributed by atoms with Crippen molar-refractivity contribution in [1.82, 2.24) is 20.0 Å². The minimum atomic E-state index is -0.278. The fourth-order valence-electron chi connectivity index (χ4n) is 2.61. The first kappa shape index (κ1) is 13.1. The molecule has 1 amide bonds. The van der Waals surface area contributed by atoms with Crippen molar-refractivity contribution in [3.63, 3.8) is 0 Å². The van der Waals surface area contributed by atoms with Crippen molar-refractivity contribution < 1.29 is 4.79 Å². The normalized spacial score (nSPS) is 21.9. The second kappa shape index (κ2) is 5.52. The summed E-state index contributed by atoms with van der Waals surface area (Å²) in [6.45, 7) is 3.01. The van der Waals surface area contributed by atoms with Crippen LogP contribution in [0.5, 0.6) is 0 Å². The van der Waals surface area contributed by atoms with Crippen LogP contribution in [0.3, 0.4) is 0 Å². The largest absolute Gasteiger partial charge is 0.338 e. The zero-order valence-electron chi connectivity index (χ0n) is 11.4. The van der Waals surface area contributed by atoms with E-state index < -0.39 is 0 Å². The van der Waals surface area contributed by atoms with E-state index >= 15 is 0 Å². The summed E-state index contributed by atoms with van der Waals surface area (Å²) in [7, 11) is 3.69. The maximum Gasteiger partial charge on any atom is 0.244 e. The van der Waals surface area contributed by atoms with Gasteiger partial charge >= 0.3 is 0 Å². The maximum absolute atomic E-state index is 12.6. The number of carbonyl (C=O) groups excluding carboxylic acids is 1. The van der Waals surface area contributed by atoms with Crippen molar-refractivity contribution in [3.8, 4) is 0 Å². The molecule has 5 heteroatoms. The van der Waals surface area contributed by atoms with Crippen LogP contribution in [0.25, 0.3) is 0 Å². The monoisotopic (exact) mass is 250 g/mol. The van der Waals surface area contributed by atoms with Crippen LogP contribution in [0.1, 0.15) is 37.8 Å². The van der Waals surface area contributed by atoms with Crippen LogP contribution in [-0.4, -0.2) is 40.2 Å². The Morgan fingerprint density at radius 1 is 1.56 bits per heavy atom. The first-order valence-electron chi connectivity index (χ1n) is 6.59. The lowest BCUT2D eigenvalue weighted by Crippen LogP contribution is -2.46. The highest BCUT2D eigenvalue weighted by Crippen LogP contribution is 2.22. The van der Waals surface area contributed by atoms with E-state index in [4.69, 9.17) is 0 Å². The second-order valence-electron chi connectivity index (χ2n) is 5.05. The number of rotatable bonds is 3. The van der Waals surface area contributed by atoms with E-state index in [1.54, 1.807) is 10.9 Å². The number of nitrogens with one attached hydrogen (secondary N) is 1. The molecule has 1 aliphatic rings. The van der Waals surface area contributed by atoms with Crippen molar-refractivity contribution in [1.29, 1.82) is 0 Å². The van der Waals surface area contributed by atoms with E-state index in [1.165, 1.54) is 6.42 Å². The zero-order chi connectivity index (χ0) is 13.1. The van der Waals surface area contributed by atoms with Gasteiger partial charge in [-0.3, -0.25) is 9.48 Å². The van der Waals surface area contributed by atoms with Crippen molar-refractivity contribution >= 4 is 5.91 Å². The Morgan fingerprint density at radius 2 is 2.33 bits per heavy atom. The Morgan fingerprint density at radius 3 is 2.89 bits per heavy atom. The molecular weight excluding hydrogens is 228 g/mol. The van der Waals surface area contributed by atoms with Crippen LogP contribution >= 0.6 is 0 Å². The van der Waals surface area contributed by atoms with Gasteiger partial charge in [-0.15, -0.1) is 0 Å². The Bertz CT molecular complexity index is 415. The second-order valence-corrected chi connectivity index (χ2v) is 5.05. The third-order valence-corrected chi connectivity index (χ3v) is 3.68. The number of amides is 1. The number of likely N-dealkylation sites (tertiary alicyclic amines) is 1. The number of hydrogen-bond acceptors (Lipinski definition) is 3. The van der Waals surface area contributed by atoms with Crippen LogP contribution in [-0.2, 0) is 11.8 Å². The number of aryl methyl sites for hydroxylation is 1. The Kier molecular flexibility index (Phi) is 4.01. The van der Waals surface area contributed by atoms with Gasteiger partial charge in [0.05, 0.1) is 6.20 Å². The van der Waals surface area contributed by atoms with E-state index in [0.717, 1.165) is 24.9 Å². The molecule has 1 saturated heterocycles. The lowest BCUT2D eigenvalue weighted by molar-refractivity contribution is -0.136. The molecule has 0 aliphatic carbocycles. The molecule has 0 bridgehead atoms. The van der Waals surface area contributed by atoms with Gasteiger partial charge in [0.1, 0.15) is 6.04 Å². The van der Waals surface area contributed by atoms with Crippen LogP contribution in [0.15, 0.2) is 12.4 Å². The van der Waals surface area contributed by atoms with Gasteiger partial charge in [0, 0.05) is 31.4 Å². The lowest BCUT2D eigenvalue weighted by Gasteiger charge is -2.35. The summed E-state index contributed by atoms with van der Waals surface area (Å²) in [6, 6.07) is 0.0676. The number of aromatic nitrogens is 2. The van der Waals surface area contributed by atoms with Crippen molar-refractivity contribution in [2.75, 3.05) is 13.6 Å². The molecule has 0 spiro atoms. The summed E-state index contributed by atoms with van der Waals surface area (Å²) in [6.07, 6.45) is 7.10. The standard InChI is InChI=1S/C13H22N4O/c1-10-6-4-5-7-17(10)13(18)12(14-2)11-8-15-16(3)9-11/h8-10,12,14H,4-7H2,1-3H3. The molecule has 2 unspecified atom stereocenters. The summed E-state index contributed by atoms with van der Waals surface area (Å²) in [5, 5.41) is 7.24. The van der Waals surface area contributed by atoms with Crippen molar-refractivity contribution in [2.24, 2.45) is 7.05 Å². The molecule has 1 aromatic rings. The highest BCUT2D eigenvalue weighted by molar-refractivity contribution is 5.83. The SMILES string of the molecule is CNC(C(=O)N1CCCCC1C)c1cnn(C)c1. The topological polar surface area (TPSA) is 50.2 Å².